The molecule has 8 heteroatoms. The van der Waals surface area contributed by atoms with Crippen molar-refractivity contribution in [2.75, 3.05) is 13.1 Å². The smallest absolute Gasteiger partial charge is 0.410 e. The highest BCUT2D eigenvalue weighted by molar-refractivity contribution is 5.76. The number of ether oxygens (including phenoxy) is 1. The lowest BCUT2D eigenvalue weighted by Crippen LogP contribution is -2.51. The Hall–Kier alpha value is -3.91. The summed E-state index contributed by atoms with van der Waals surface area (Å²) in [4.78, 5) is 31.9. The van der Waals surface area contributed by atoms with E-state index in [0.29, 0.717) is 52.0 Å². The number of piperidine rings is 1. The number of rotatable bonds is 7. The van der Waals surface area contributed by atoms with Crippen LogP contribution in [0.5, 0.6) is 0 Å². The average Bonchev–Trinajstić information content (AvgIpc) is 3.09. The molecule has 1 saturated heterocycles. The number of hydrogen-bond acceptors (Lipinski definition) is 4. The molecule has 0 aliphatic carbocycles. The number of nitrogens with zero attached hydrogens (tertiary/aromatic N) is 3. The van der Waals surface area contributed by atoms with Crippen LogP contribution in [0.25, 0.3) is 0 Å². The molecule has 2 aliphatic rings. The standard InChI is InChI=1S/C32H36FN3O4/c1-23(37)17-24-7-9-25(10-8-24)19-35-20-27-11-12-29(33)18-28(27)21-36(31(35)38)30-13-15-34(16-14-30)32(39)40-22-26-5-3-2-4-6-26/h2-12,18,23,30,37H,13-17,19-22H2,1H3. The highest BCUT2D eigenvalue weighted by Crippen LogP contribution is 2.28. The summed E-state index contributed by atoms with van der Waals surface area (Å²) in [6.07, 6.45) is 1.06. The molecule has 210 valence electrons. The molecule has 0 saturated carbocycles. The zero-order valence-electron chi connectivity index (χ0n) is 22.8. The molecule has 2 heterocycles. The molecule has 40 heavy (non-hydrogen) atoms. The van der Waals surface area contributed by atoms with Gasteiger partial charge in [-0.05, 0) is 66.1 Å². The van der Waals surface area contributed by atoms with E-state index in [0.717, 1.165) is 27.8 Å². The van der Waals surface area contributed by atoms with Gasteiger partial charge in [-0.25, -0.2) is 14.0 Å². The Kier molecular flexibility index (Phi) is 8.65. The molecule has 7 nitrogen and oxygen atoms in total. The lowest BCUT2D eigenvalue weighted by molar-refractivity contribution is 0.0674. The van der Waals surface area contributed by atoms with E-state index in [2.05, 4.69) is 0 Å². The van der Waals surface area contributed by atoms with Crippen LogP contribution in [0.15, 0.2) is 72.8 Å². The minimum atomic E-state index is -0.416. The van der Waals surface area contributed by atoms with Crippen molar-refractivity contribution in [3.63, 3.8) is 0 Å². The van der Waals surface area contributed by atoms with Crippen molar-refractivity contribution in [1.29, 1.82) is 0 Å². The summed E-state index contributed by atoms with van der Waals surface area (Å²) in [7, 11) is 0. The number of benzene rings is 3. The topological polar surface area (TPSA) is 73.3 Å². The van der Waals surface area contributed by atoms with Gasteiger partial charge in [-0.1, -0.05) is 60.7 Å². The number of carbonyl (C=O) groups excluding carboxylic acids is 2. The van der Waals surface area contributed by atoms with E-state index in [1.807, 2.05) is 64.4 Å². The van der Waals surface area contributed by atoms with E-state index in [9.17, 15) is 19.1 Å². The number of amides is 3. The van der Waals surface area contributed by atoms with Gasteiger partial charge in [-0.15, -0.1) is 0 Å². The first-order chi connectivity index (χ1) is 19.4. The van der Waals surface area contributed by atoms with Crippen LogP contribution in [0.1, 0.15) is 47.6 Å². The molecule has 0 aromatic heterocycles. The number of urea groups is 1. The third-order valence-electron chi connectivity index (χ3n) is 7.68. The Bertz CT molecular complexity index is 1310. The summed E-state index contributed by atoms with van der Waals surface area (Å²) in [6, 6.07) is 22.1. The zero-order valence-corrected chi connectivity index (χ0v) is 22.8. The van der Waals surface area contributed by atoms with Crippen LogP contribution in [0.3, 0.4) is 0 Å². The van der Waals surface area contributed by atoms with Crippen molar-refractivity contribution in [3.05, 3.63) is 106 Å². The molecule has 1 unspecified atom stereocenters. The monoisotopic (exact) mass is 545 g/mol. The minimum absolute atomic E-state index is 0.0733. The predicted octanol–water partition coefficient (Wildman–Crippen LogP) is 5.49. The predicted molar refractivity (Wildman–Crippen MR) is 150 cm³/mol. The van der Waals surface area contributed by atoms with Gasteiger partial charge in [0.15, 0.2) is 0 Å². The van der Waals surface area contributed by atoms with E-state index in [1.54, 1.807) is 17.9 Å². The van der Waals surface area contributed by atoms with Crippen LogP contribution in [-0.4, -0.2) is 57.2 Å². The fourth-order valence-electron chi connectivity index (χ4n) is 5.52. The highest BCUT2D eigenvalue weighted by atomic mass is 19.1. The summed E-state index contributed by atoms with van der Waals surface area (Å²) in [5, 5.41) is 9.67. The van der Waals surface area contributed by atoms with E-state index in [4.69, 9.17) is 4.74 Å². The van der Waals surface area contributed by atoms with Crippen molar-refractivity contribution < 1.29 is 23.8 Å². The molecular weight excluding hydrogens is 509 g/mol. The number of fused-ring (bicyclic) bond motifs is 1. The van der Waals surface area contributed by atoms with Crippen molar-refractivity contribution >= 4 is 12.1 Å². The van der Waals surface area contributed by atoms with Gasteiger partial charge in [-0.3, -0.25) is 0 Å². The maximum absolute atomic E-state index is 14.2. The number of halogens is 1. The van der Waals surface area contributed by atoms with Gasteiger partial charge in [0.1, 0.15) is 12.4 Å². The Morgan fingerprint density at radius 3 is 2.35 bits per heavy atom. The molecule has 5 rings (SSSR count). The van der Waals surface area contributed by atoms with Crippen LogP contribution in [0, 0.1) is 5.82 Å². The molecule has 3 aromatic rings. The summed E-state index contributed by atoms with van der Waals surface area (Å²) in [5.74, 6) is -0.315. The van der Waals surface area contributed by atoms with Gasteiger partial charge < -0.3 is 24.5 Å². The number of carbonyl (C=O) groups is 2. The lowest BCUT2D eigenvalue weighted by atomic mass is 10.0. The SMILES string of the molecule is CC(O)Cc1ccc(CN2Cc3ccc(F)cc3CN(C3CCN(C(=O)OCc4ccccc4)CC3)C2=O)cc1. The molecule has 0 bridgehead atoms. The third-order valence-corrected chi connectivity index (χ3v) is 7.68. The van der Waals surface area contributed by atoms with Gasteiger partial charge in [0.2, 0.25) is 0 Å². The van der Waals surface area contributed by atoms with Crippen molar-refractivity contribution in [3.8, 4) is 0 Å². The molecule has 1 N–H and O–H groups in total. The highest BCUT2D eigenvalue weighted by Gasteiger charge is 2.35. The quantitative estimate of drug-likeness (QED) is 0.426. The first-order valence-corrected chi connectivity index (χ1v) is 13.9. The maximum Gasteiger partial charge on any atom is 0.410 e. The number of likely N-dealkylation sites (tertiary alicyclic amines) is 1. The van der Waals surface area contributed by atoms with Gasteiger partial charge in [0, 0.05) is 38.8 Å². The number of hydrogen-bond donors (Lipinski definition) is 1. The Balaban J connectivity index is 1.27. The average molecular weight is 546 g/mol. The second kappa shape index (κ2) is 12.5. The van der Waals surface area contributed by atoms with Gasteiger partial charge in [0.25, 0.3) is 0 Å². The Morgan fingerprint density at radius 1 is 0.950 bits per heavy atom. The summed E-state index contributed by atoms with van der Waals surface area (Å²) in [6.45, 7) is 4.11. The molecule has 1 fully saturated rings. The largest absolute Gasteiger partial charge is 0.445 e. The van der Waals surface area contributed by atoms with Crippen molar-refractivity contribution in [2.45, 2.75) is 64.6 Å². The van der Waals surface area contributed by atoms with Crippen LogP contribution >= 0.6 is 0 Å². The molecule has 3 amide bonds. The fourth-order valence-corrected chi connectivity index (χ4v) is 5.52. The summed E-state index contributed by atoms with van der Waals surface area (Å²) < 4.78 is 19.7. The van der Waals surface area contributed by atoms with Gasteiger partial charge in [-0.2, -0.15) is 0 Å². The van der Waals surface area contributed by atoms with Crippen LogP contribution in [0.2, 0.25) is 0 Å². The number of aliphatic hydroxyl groups is 1. The summed E-state index contributed by atoms with van der Waals surface area (Å²) in [5.41, 5.74) is 4.71. The molecular formula is C32H36FN3O4. The minimum Gasteiger partial charge on any atom is -0.445 e. The zero-order chi connectivity index (χ0) is 28.1. The van der Waals surface area contributed by atoms with Crippen molar-refractivity contribution in [1.82, 2.24) is 14.7 Å². The molecule has 3 aromatic carbocycles. The maximum atomic E-state index is 14.2. The first kappa shape index (κ1) is 27.6. The lowest BCUT2D eigenvalue weighted by Gasteiger charge is -2.39. The second-order valence-corrected chi connectivity index (χ2v) is 10.8. The first-order valence-electron chi connectivity index (χ1n) is 13.9. The van der Waals surface area contributed by atoms with Gasteiger partial charge in [0.05, 0.1) is 6.10 Å². The third kappa shape index (κ3) is 6.80. The van der Waals surface area contributed by atoms with E-state index in [-0.39, 0.29) is 30.6 Å². The normalized spacial score (nSPS) is 16.9. The van der Waals surface area contributed by atoms with E-state index >= 15 is 0 Å². The van der Waals surface area contributed by atoms with Crippen LogP contribution < -0.4 is 0 Å². The Labute approximate surface area is 234 Å². The van der Waals surface area contributed by atoms with Crippen LogP contribution in [0.4, 0.5) is 14.0 Å². The fraction of sp³-hybridized carbons (Fsp3) is 0.375. The molecule has 2 aliphatic heterocycles. The number of aliphatic hydroxyl groups excluding tert-OH is 1. The van der Waals surface area contributed by atoms with Crippen LogP contribution in [-0.2, 0) is 37.4 Å². The summed E-state index contributed by atoms with van der Waals surface area (Å²) >= 11 is 0. The molecule has 0 spiro atoms. The Morgan fingerprint density at radius 2 is 1.65 bits per heavy atom. The van der Waals surface area contributed by atoms with E-state index in [1.165, 1.54) is 12.1 Å². The second-order valence-electron chi connectivity index (χ2n) is 10.8. The van der Waals surface area contributed by atoms with Crippen molar-refractivity contribution in [2.24, 2.45) is 0 Å². The van der Waals surface area contributed by atoms with E-state index < -0.39 is 6.10 Å². The molecule has 1 atom stereocenters. The van der Waals surface area contributed by atoms with Gasteiger partial charge >= 0.3 is 12.1 Å². The molecule has 0 radical (unpaired) electrons.